The Morgan fingerprint density at radius 1 is 1.14 bits per heavy atom. The van der Waals surface area contributed by atoms with Crippen molar-refractivity contribution in [3.63, 3.8) is 0 Å². The van der Waals surface area contributed by atoms with E-state index in [9.17, 15) is 0 Å². The minimum absolute atomic E-state index is 0.333. The average Bonchev–Trinajstić information content (AvgIpc) is 2.46. The molecule has 0 bridgehead atoms. The maximum atomic E-state index is 6.07. The Morgan fingerprint density at radius 2 is 1.86 bits per heavy atom. The molecule has 2 unspecified atom stereocenters. The second-order valence-electron chi connectivity index (χ2n) is 5.23. The van der Waals surface area contributed by atoms with E-state index >= 15 is 0 Å². The van der Waals surface area contributed by atoms with Gasteiger partial charge in [-0.25, -0.2) is 0 Å². The molecule has 2 atom stereocenters. The molecule has 0 radical (unpaired) electrons. The number of halogens is 1. The number of aryl methyl sites for hydroxylation is 1. The van der Waals surface area contributed by atoms with Gasteiger partial charge in [-0.1, -0.05) is 61.3 Å². The van der Waals surface area contributed by atoms with Gasteiger partial charge in [0.05, 0.1) is 0 Å². The van der Waals surface area contributed by atoms with Crippen molar-refractivity contribution in [1.29, 1.82) is 0 Å². The summed E-state index contributed by atoms with van der Waals surface area (Å²) in [6.07, 6.45) is 0. The smallest absolute Gasteiger partial charge is 0.0441 e. The second-order valence-corrected chi connectivity index (χ2v) is 7.11. The first kappa shape index (κ1) is 16.4. The highest BCUT2D eigenvalue weighted by atomic mass is 35.5. The number of hydrogen-bond acceptors (Lipinski definition) is 2. The highest BCUT2D eigenvalue weighted by Gasteiger charge is 2.19. The first-order chi connectivity index (χ1) is 10.1. The summed E-state index contributed by atoms with van der Waals surface area (Å²) in [6.45, 7) is 7.49. The van der Waals surface area contributed by atoms with Gasteiger partial charge < -0.3 is 5.32 Å². The molecule has 0 aliphatic rings. The maximum absolute atomic E-state index is 6.07. The van der Waals surface area contributed by atoms with Crippen LogP contribution in [-0.4, -0.2) is 11.8 Å². The fourth-order valence-electron chi connectivity index (χ4n) is 2.37. The zero-order chi connectivity index (χ0) is 15.2. The van der Waals surface area contributed by atoms with Crippen LogP contribution in [0.15, 0.2) is 53.4 Å². The van der Waals surface area contributed by atoms with Crippen molar-refractivity contribution in [3.05, 3.63) is 64.7 Å². The third kappa shape index (κ3) is 4.77. The molecule has 0 fully saturated rings. The predicted molar refractivity (Wildman–Crippen MR) is 94.4 cm³/mol. The third-order valence-corrected chi connectivity index (χ3v) is 4.85. The third-order valence-electron chi connectivity index (χ3n) is 3.45. The van der Waals surface area contributed by atoms with Crippen LogP contribution in [0.4, 0.5) is 0 Å². The van der Waals surface area contributed by atoms with Crippen LogP contribution in [0.25, 0.3) is 0 Å². The standard InChI is InChI=1S/C18H22ClNS/c1-4-20-18(15-10-8-13(2)9-11-15)14(3)21-17-7-5-6-16(19)12-17/h5-12,14,18,20H,4H2,1-3H3. The summed E-state index contributed by atoms with van der Waals surface area (Å²) in [6, 6.07) is 17.2. The Morgan fingerprint density at radius 3 is 2.48 bits per heavy atom. The van der Waals surface area contributed by atoms with E-state index in [4.69, 9.17) is 11.6 Å². The lowest BCUT2D eigenvalue weighted by molar-refractivity contribution is 0.548. The van der Waals surface area contributed by atoms with Crippen LogP contribution in [0.3, 0.4) is 0 Å². The van der Waals surface area contributed by atoms with Crippen LogP contribution in [0.2, 0.25) is 5.02 Å². The van der Waals surface area contributed by atoms with E-state index in [2.05, 4.69) is 56.4 Å². The van der Waals surface area contributed by atoms with Crippen molar-refractivity contribution < 1.29 is 0 Å². The summed E-state index contributed by atoms with van der Waals surface area (Å²) in [5.74, 6) is 0. The molecular weight excluding hydrogens is 298 g/mol. The van der Waals surface area contributed by atoms with Crippen molar-refractivity contribution in [3.8, 4) is 0 Å². The first-order valence-corrected chi connectivity index (χ1v) is 8.58. The van der Waals surface area contributed by atoms with Crippen LogP contribution >= 0.6 is 23.4 Å². The minimum Gasteiger partial charge on any atom is -0.309 e. The van der Waals surface area contributed by atoms with Crippen LogP contribution < -0.4 is 5.32 Å². The van der Waals surface area contributed by atoms with Gasteiger partial charge in [-0.2, -0.15) is 0 Å². The van der Waals surface area contributed by atoms with Gasteiger partial charge in [0.1, 0.15) is 0 Å². The largest absolute Gasteiger partial charge is 0.309 e. The van der Waals surface area contributed by atoms with Crippen molar-refractivity contribution in [2.75, 3.05) is 6.54 Å². The molecule has 21 heavy (non-hydrogen) atoms. The maximum Gasteiger partial charge on any atom is 0.0441 e. The van der Waals surface area contributed by atoms with Gasteiger partial charge in [-0.3, -0.25) is 0 Å². The Balaban J connectivity index is 2.15. The number of nitrogens with one attached hydrogen (secondary N) is 1. The van der Waals surface area contributed by atoms with Crippen molar-refractivity contribution in [2.45, 2.75) is 37.0 Å². The Hall–Kier alpha value is -0.960. The second kappa shape index (κ2) is 7.88. The summed E-state index contributed by atoms with van der Waals surface area (Å²) in [5, 5.41) is 4.82. The molecule has 112 valence electrons. The van der Waals surface area contributed by atoms with Crippen LogP contribution in [0.1, 0.15) is 31.0 Å². The molecule has 2 aromatic carbocycles. The molecule has 2 rings (SSSR count). The molecule has 0 saturated heterocycles. The van der Waals surface area contributed by atoms with Gasteiger partial charge in [0, 0.05) is 21.2 Å². The zero-order valence-electron chi connectivity index (χ0n) is 12.8. The van der Waals surface area contributed by atoms with Crippen LogP contribution in [0.5, 0.6) is 0 Å². The Kier molecular flexibility index (Phi) is 6.16. The molecule has 1 N–H and O–H groups in total. The number of benzene rings is 2. The topological polar surface area (TPSA) is 12.0 Å². The van der Waals surface area contributed by atoms with Crippen LogP contribution in [-0.2, 0) is 0 Å². The summed E-state index contributed by atoms with van der Waals surface area (Å²) >= 11 is 7.93. The van der Waals surface area contributed by atoms with Crippen LogP contribution in [0, 0.1) is 6.92 Å². The molecule has 0 heterocycles. The van der Waals surface area contributed by atoms with Gasteiger partial charge in [0.25, 0.3) is 0 Å². The quantitative estimate of drug-likeness (QED) is 0.707. The van der Waals surface area contributed by atoms with E-state index in [0.29, 0.717) is 11.3 Å². The number of thioether (sulfide) groups is 1. The molecule has 1 nitrogen and oxygen atoms in total. The van der Waals surface area contributed by atoms with E-state index in [1.54, 1.807) is 0 Å². The fourth-order valence-corrected chi connectivity index (χ4v) is 3.80. The summed E-state index contributed by atoms with van der Waals surface area (Å²) in [5.41, 5.74) is 2.63. The molecule has 0 amide bonds. The van der Waals surface area contributed by atoms with E-state index in [1.165, 1.54) is 16.0 Å². The highest BCUT2D eigenvalue weighted by molar-refractivity contribution is 8.00. The van der Waals surface area contributed by atoms with E-state index in [1.807, 2.05) is 30.0 Å². The normalized spacial score (nSPS) is 13.9. The summed E-state index contributed by atoms with van der Waals surface area (Å²) in [7, 11) is 0. The average molecular weight is 320 g/mol. The number of hydrogen-bond donors (Lipinski definition) is 1. The van der Waals surface area contributed by atoms with Crippen molar-refractivity contribution >= 4 is 23.4 Å². The molecule has 0 aliphatic carbocycles. The van der Waals surface area contributed by atoms with Crippen molar-refractivity contribution in [1.82, 2.24) is 5.32 Å². The van der Waals surface area contributed by atoms with E-state index < -0.39 is 0 Å². The monoisotopic (exact) mass is 319 g/mol. The molecular formula is C18H22ClNS. The summed E-state index contributed by atoms with van der Waals surface area (Å²) < 4.78 is 0. The molecule has 3 heteroatoms. The number of rotatable bonds is 6. The minimum atomic E-state index is 0.333. The zero-order valence-corrected chi connectivity index (χ0v) is 14.3. The lowest BCUT2D eigenvalue weighted by Gasteiger charge is -2.25. The highest BCUT2D eigenvalue weighted by Crippen LogP contribution is 2.33. The molecule has 0 spiro atoms. The molecule has 0 aromatic heterocycles. The molecule has 2 aromatic rings. The lowest BCUT2D eigenvalue weighted by atomic mass is 10.0. The first-order valence-electron chi connectivity index (χ1n) is 7.32. The van der Waals surface area contributed by atoms with Gasteiger partial charge in [-0.05, 0) is 37.2 Å². The SMILES string of the molecule is CCNC(c1ccc(C)cc1)C(C)Sc1cccc(Cl)c1. The Labute approximate surface area is 137 Å². The Bertz CT molecular complexity index is 568. The van der Waals surface area contributed by atoms with Gasteiger partial charge in [0.15, 0.2) is 0 Å². The molecule has 0 saturated carbocycles. The fraction of sp³-hybridized carbons (Fsp3) is 0.333. The lowest BCUT2D eigenvalue weighted by Crippen LogP contribution is -2.28. The predicted octanol–water partition coefficient (Wildman–Crippen LogP) is 5.48. The van der Waals surface area contributed by atoms with E-state index in [-0.39, 0.29) is 0 Å². The summed E-state index contributed by atoms with van der Waals surface area (Å²) in [4.78, 5) is 1.21. The van der Waals surface area contributed by atoms with Gasteiger partial charge in [0.2, 0.25) is 0 Å². The van der Waals surface area contributed by atoms with E-state index in [0.717, 1.165) is 11.6 Å². The molecule has 0 aliphatic heterocycles. The van der Waals surface area contributed by atoms with Gasteiger partial charge >= 0.3 is 0 Å². The van der Waals surface area contributed by atoms with Gasteiger partial charge in [-0.15, -0.1) is 11.8 Å². The van der Waals surface area contributed by atoms with Crippen molar-refractivity contribution in [2.24, 2.45) is 0 Å².